The van der Waals surface area contributed by atoms with Crippen molar-refractivity contribution in [2.45, 2.75) is 13.2 Å². The Hall–Kier alpha value is -3.12. The van der Waals surface area contributed by atoms with E-state index < -0.39 is 0 Å². The van der Waals surface area contributed by atoms with Crippen LogP contribution in [0.1, 0.15) is 21.5 Å². The van der Waals surface area contributed by atoms with Gasteiger partial charge in [-0.05, 0) is 23.3 Å². The van der Waals surface area contributed by atoms with Gasteiger partial charge in [-0.2, -0.15) is 0 Å². The first kappa shape index (κ1) is 17.7. The zero-order chi connectivity index (χ0) is 18.4. The number of benzene rings is 2. The second-order valence-corrected chi connectivity index (χ2v) is 5.92. The van der Waals surface area contributed by atoms with E-state index in [9.17, 15) is 4.79 Å². The van der Waals surface area contributed by atoms with E-state index in [0.717, 1.165) is 11.1 Å². The lowest BCUT2D eigenvalue weighted by Crippen LogP contribution is -2.08. The van der Waals surface area contributed by atoms with Gasteiger partial charge in [0.05, 0.1) is 5.56 Å². The molecule has 0 aliphatic carbocycles. The number of aromatic nitrogens is 2. The predicted molar refractivity (Wildman–Crippen MR) is 101 cm³/mol. The molecule has 3 rings (SSSR count). The van der Waals surface area contributed by atoms with Gasteiger partial charge in [0.2, 0.25) is 0 Å². The molecule has 6 nitrogen and oxygen atoms in total. The first-order valence-corrected chi connectivity index (χ1v) is 8.31. The summed E-state index contributed by atoms with van der Waals surface area (Å²) in [5.41, 5.74) is 7.95. The number of nitrogens with two attached hydrogens (primary N) is 1. The number of hydrogen-bond donors (Lipinski definition) is 2. The SMILES string of the molecule is Nc1ncnc(NCc2cccc(C(=O)OCc3ccccc3)c2)c1Cl. The van der Waals surface area contributed by atoms with Crippen molar-refractivity contribution < 1.29 is 9.53 Å². The van der Waals surface area contributed by atoms with E-state index in [1.54, 1.807) is 18.2 Å². The summed E-state index contributed by atoms with van der Waals surface area (Å²) in [6.45, 7) is 0.661. The number of nitrogen functional groups attached to an aromatic ring is 1. The fourth-order valence-electron chi connectivity index (χ4n) is 2.31. The monoisotopic (exact) mass is 368 g/mol. The van der Waals surface area contributed by atoms with Crippen LogP contribution in [0, 0.1) is 0 Å². The zero-order valence-corrected chi connectivity index (χ0v) is 14.6. The van der Waals surface area contributed by atoms with E-state index in [4.69, 9.17) is 22.1 Å². The van der Waals surface area contributed by atoms with Crippen LogP contribution in [0.15, 0.2) is 60.9 Å². The predicted octanol–water partition coefficient (Wildman–Crippen LogP) is 3.68. The van der Waals surface area contributed by atoms with Gasteiger partial charge in [0, 0.05) is 6.54 Å². The largest absolute Gasteiger partial charge is 0.457 e. The van der Waals surface area contributed by atoms with Gasteiger partial charge in [0.15, 0.2) is 5.82 Å². The molecule has 0 fully saturated rings. The molecule has 26 heavy (non-hydrogen) atoms. The second-order valence-electron chi connectivity index (χ2n) is 5.54. The van der Waals surface area contributed by atoms with Crippen LogP contribution in [0.3, 0.4) is 0 Å². The molecule has 0 spiro atoms. The third-order valence-electron chi connectivity index (χ3n) is 3.65. The molecule has 0 saturated carbocycles. The molecule has 0 aliphatic rings. The van der Waals surface area contributed by atoms with Gasteiger partial charge in [-0.1, -0.05) is 54.1 Å². The molecular weight excluding hydrogens is 352 g/mol. The van der Waals surface area contributed by atoms with Gasteiger partial charge >= 0.3 is 5.97 Å². The maximum absolute atomic E-state index is 12.2. The smallest absolute Gasteiger partial charge is 0.338 e. The first-order chi connectivity index (χ1) is 12.6. The van der Waals surface area contributed by atoms with Crippen LogP contribution in [0.5, 0.6) is 0 Å². The number of rotatable bonds is 6. The van der Waals surface area contributed by atoms with E-state index >= 15 is 0 Å². The zero-order valence-electron chi connectivity index (χ0n) is 13.9. The lowest BCUT2D eigenvalue weighted by molar-refractivity contribution is 0.0472. The van der Waals surface area contributed by atoms with Gasteiger partial charge < -0.3 is 15.8 Å². The Morgan fingerprint density at radius 2 is 1.85 bits per heavy atom. The molecule has 0 atom stereocenters. The Balaban J connectivity index is 1.62. The molecule has 0 radical (unpaired) electrons. The van der Waals surface area contributed by atoms with E-state index in [0.29, 0.717) is 17.9 Å². The van der Waals surface area contributed by atoms with Crippen molar-refractivity contribution in [2.75, 3.05) is 11.1 Å². The minimum atomic E-state index is -0.375. The van der Waals surface area contributed by atoms with Crippen LogP contribution >= 0.6 is 11.6 Å². The van der Waals surface area contributed by atoms with Crippen molar-refractivity contribution in [1.29, 1.82) is 0 Å². The number of nitrogens with one attached hydrogen (secondary N) is 1. The molecule has 0 saturated heterocycles. The first-order valence-electron chi connectivity index (χ1n) is 7.93. The van der Waals surface area contributed by atoms with Crippen molar-refractivity contribution in [3.63, 3.8) is 0 Å². The highest BCUT2D eigenvalue weighted by Crippen LogP contribution is 2.23. The average Bonchev–Trinajstić information content (AvgIpc) is 2.68. The van der Waals surface area contributed by atoms with Crippen molar-refractivity contribution in [2.24, 2.45) is 0 Å². The van der Waals surface area contributed by atoms with Gasteiger partial charge in [0.25, 0.3) is 0 Å². The fraction of sp³-hybridized carbons (Fsp3) is 0.105. The summed E-state index contributed by atoms with van der Waals surface area (Å²) in [6, 6.07) is 16.7. The molecule has 0 bridgehead atoms. The fourth-order valence-corrected chi connectivity index (χ4v) is 2.47. The van der Waals surface area contributed by atoms with Gasteiger partial charge in [-0.3, -0.25) is 0 Å². The second kappa shape index (κ2) is 8.31. The van der Waals surface area contributed by atoms with E-state index in [1.165, 1.54) is 6.33 Å². The number of halogens is 1. The Bertz CT molecular complexity index is 903. The van der Waals surface area contributed by atoms with Gasteiger partial charge in [-0.15, -0.1) is 0 Å². The number of esters is 1. The summed E-state index contributed by atoms with van der Waals surface area (Å²) in [5, 5.41) is 3.35. The Morgan fingerprint density at radius 3 is 2.65 bits per heavy atom. The number of anilines is 2. The number of nitrogens with zero attached hydrogens (tertiary/aromatic N) is 2. The third kappa shape index (κ3) is 4.49. The Labute approximate surface area is 156 Å². The minimum Gasteiger partial charge on any atom is -0.457 e. The van der Waals surface area contributed by atoms with Crippen LogP contribution in [-0.2, 0) is 17.9 Å². The number of ether oxygens (including phenoxy) is 1. The maximum Gasteiger partial charge on any atom is 0.338 e. The molecule has 3 aromatic rings. The summed E-state index contributed by atoms with van der Waals surface area (Å²) >= 11 is 6.05. The van der Waals surface area contributed by atoms with E-state index in [2.05, 4.69) is 15.3 Å². The average molecular weight is 369 g/mol. The van der Waals surface area contributed by atoms with Crippen LogP contribution in [0.4, 0.5) is 11.6 Å². The van der Waals surface area contributed by atoms with E-state index in [1.807, 2.05) is 36.4 Å². The maximum atomic E-state index is 12.2. The van der Waals surface area contributed by atoms with E-state index in [-0.39, 0.29) is 23.4 Å². The summed E-state index contributed by atoms with van der Waals surface area (Å²) in [7, 11) is 0. The molecule has 1 heterocycles. The number of hydrogen-bond acceptors (Lipinski definition) is 6. The molecule has 0 unspecified atom stereocenters. The lowest BCUT2D eigenvalue weighted by Gasteiger charge is -2.09. The molecule has 132 valence electrons. The van der Waals surface area contributed by atoms with Crippen LogP contribution < -0.4 is 11.1 Å². The molecule has 3 N–H and O–H groups in total. The van der Waals surface area contributed by atoms with Crippen LogP contribution in [0.2, 0.25) is 5.02 Å². The van der Waals surface area contributed by atoms with Crippen molar-refractivity contribution >= 4 is 29.2 Å². The van der Waals surface area contributed by atoms with Crippen molar-refractivity contribution in [3.8, 4) is 0 Å². The number of carbonyl (C=O) groups excluding carboxylic acids is 1. The standard InChI is InChI=1S/C19H17ClN4O2/c20-16-17(21)23-12-24-18(16)22-10-14-7-4-8-15(9-14)19(25)26-11-13-5-2-1-3-6-13/h1-9,12H,10-11H2,(H3,21,22,23,24). The lowest BCUT2D eigenvalue weighted by atomic mass is 10.1. The molecule has 0 aliphatic heterocycles. The summed E-state index contributed by atoms with van der Waals surface area (Å²) in [5.74, 6) is 0.277. The molecule has 0 amide bonds. The van der Waals surface area contributed by atoms with Gasteiger partial charge in [-0.25, -0.2) is 14.8 Å². The van der Waals surface area contributed by atoms with Crippen LogP contribution in [0.25, 0.3) is 0 Å². The third-order valence-corrected chi connectivity index (χ3v) is 4.02. The molecule has 2 aromatic carbocycles. The summed E-state index contributed by atoms with van der Waals surface area (Å²) < 4.78 is 5.35. The normalized spacial score (nSPS) is 10.3. The highest BCUT2D eigenvalue weighted by molar-refractivity contribution is 6.35. The molecule has 7 heteroatoms. The topological polar surface area (TPSA) is 90.1 Å². The highest BCUT2D eigenvalue weighted by atomic mass is 35.5. The number of carbonyl (C=O) groups is 1. The Morgan fingerprint density at radius 1 is 1.08 bits per heavy atom. The van der Waals surface area contributed by atoms with Crippen molar-refractivity contribution in [1.82, 2.24) is 9.97 Å². The highest BCUT2D eigenvalue weighted by Gasteiger charge is 2.09. The quantitative estimate of drug-likeness (QED) is 0.645. The van der Waals surface area contributed by atoms with Gasteiger partial charge in [0.1, 0.15) is 23.8 Å². The summed E-state index contributed by atoms with van der Waals surface area (Å²) in [6.07, 6.45) is 1.33. The summed E-state index contributed by atoms with van der Waals surface area (Å²) in [4.78, 5) is 20.1. The molecule has 1 aromatic heterocycles. The Kier molecular flexibility index (Phi) is 5.66. The van der Waals surface area contributed by atoms with Crippen LogP contribution in [-0.4, -0.2) is 15.9 Å². The molecular formula is C19H17ClN4O2. The minimum absolute atomic E-state index is 0.211. The van der Waals surface area contributed by atoms with Crippen molar-refractivity contribution in [3.05, 3.63) is 82.6 Å².